The van der Waals surface area contributed by atoms with E-state index in [9.17, 15) is 19.4 Å². The fraction of sp³-hybridized carbons (Fsp3) is 0.974. The van der Waals surface area contributed by atoms with Gasteiger partial charge in [-0.3, -0.25) is 9.36 Å². The Labute approximate surface area is 291 Å². The van der Waals surface area contributed by atoms with Crippen LogP contribution in [0.1, 0.15) is 187 Å². The zero-order valence-corrected chi connectivity index (χ0v) is 32.6. The Morgan fingerprint density at radius 1 is 0.660 bits per heavy atom. The Balaban J connectivity index is 4.38. The highest BCUT2D eigenvalue weighted by Gasteiger charge is 2.24. The van der Waals surface area contributed by atoms with Crippen LogP contribution in [0.3, 0.4) is 0 Å². The van der Waals surface area contributed by atoms with E-state index in [0.29, 0.717) is 23.9 Å². The van der Waals surface area contributed by atoms with Gasteiger partial charge in [0.05, 0.1) is 39.9 Å². The van der Waals surface area contributed by atoms with Gasteiger partial charge in [0.1, 0.15) is 13.2 Å². The van der Waals surface area contributed by atoms with Crippen molar-refractivity contribution in [2.45, 2.75) is 199 Å². The van der Waals surface area contributed by atoms with E-state index in [-0.39, 0.29) is 19.1 Å². The summed E-state index contributed by atoms with van der Waals surface area (Å²) in [6.45, 7) is 4.70. The molecule has 0 aliphatic rings. The molecular weight excluding hydrogens is 611 g/mol. The summed E-state index contributed by atoms with van der Waals surface area (Å²) in [5, 5.41) is 13.8. The van der Waals surface area contributed by atoms with Gasteiger partial charge in [-0.2, -0.15) is 0 Å². The van der Waals surface area contributed by atoms with Gasteiger partial charge in [0.25, 0.3) is 7.82 Å². The van der Waals surface area contributed by atoms with Crippen LogP contribution in [-0.2, 0) is 18.4 Å². The van der Waals surface area contributed by atoms with Crippen LogP contribution >= 0.6 is 7.82 Å². The number of hydrogen-bond acceptors (Lipinski definition) is 6. The average Bonchev–Trinajstić information content (AvgIpc) is 3.01. The summed E-state index contributed by atoms with van der Waals surface area (Å²) < 4.78 is 23.1. The number of carbonyl (C=O) groups excluding carboxylic acids is 1. The molecule has 1 unspecified atom stereocenters. The summed E-state index contributed by atoms with van der Waals surface area (Å²) in [6, 6.07) is -0.790. The fourth-order valence-corrected chi connectivity index (χ4v) is 6.59. The average molecular weight is 691 g/mol. The first-order valence-corrected chi connectivity index (χ1v) is 21.3. The van der Waals surface area contributed by atoms with Crippen LogP contribution in [0, 0.1) is 0 Å². The number of aliphatic hydroxyl groups excluding tert-OH is 1. The lowest BCUT2D eigenvalue weighted by Crippen LogP contribution is -2.46. The number of nitrogens with zero attached hydrogens (tertiary/aromatic N) is 1. The number of hydrogen-bond donors (Lipinski definition) is 2. The first kappa shape index (κ1) is 46.5. The maximum Gasteiger partial charge on any atom is 0.268 e. The quantitative estimate of drug-likeness (QED) is 0.0385. The molecule has 0 radical (unpaired) electrons. The van der Waals surface area contributed by atoms with Crippen LogP contribution in [0.25, 0.3) is 0 Å². The van der Waals surface area contributed by atoms with Gasteiger partial charge in [0.2, 0.25) is 5.91 Å². The topological polar surface area (TPSA) is 108 Å². The number of likely N-dealkylation sites (N-methyl/N-ethyl adjacent to an activating group) is 1. The standard InChI is InChI=1S/C38H79N2O6P/c1-6-8-10-12-14-16-18-19-20-21-22-24-26-28-30-32-38(42)39-36(35-46-47(43,44)45-34-33-40(3,4)5)37(41)31-29-27-25-23-17-15-13-11-9-7-2/h36-37,41H,6-35H2,1-5H3,(H-,39,42,43,44)/t36-,37+/m0/s1. The third kappa shape index (κ3) is 33.8. The van der Waals surface area contributed by atoms with E-state index >= 15 is 0 Å². The van der Waals surface area contributed by atoms with Crippen LogP contribution in [0.15, 0.2) is 0 Å². The monoisotopic (exact) mass is 691 g/mol. The zero-order valence-electron chi connectivity index (χ0n) is 31.8. The SMILES string of the molecule is CCCCCCCCCCCCCCCCCC(=O)N[C@@H](COP(=O)([O-])OCC[N+](C)(C)C)[C@H](O)CCCCCCCCCCCC. The lowest BCUT2D eigenvalue weighted by Gasteiger charge is -2.30. The summed E-state index contributed by atoms with van der Waals surface area (Å²) in [5.41, 5.74) is 0. The third-order valence-electron chi connectivity index (χ3n) is 9.10. The van der Waals surface area contributed by atoms with E-state index in [1.165, 1.54) is 122 Å². The molecule has 3 atom stereocenters. The summed E-state index contributed by atoms with van der Waals surface area (Å²) in [7, 11) is 1.31. The van der Waals surface area contributed by atoms with Crippen LogP contribution in [0.4, 0.5) is 0 Å². The number of phosphoric acid groups is 1. The lowest BCUT2D eigenvalue weighted by atomic mass is 10.0. The first-order valence-electron chi connectivity index (χ1n) is 19.9. The Morgan fingerprint density at radius 3 is 1.45 bits per heavy atom. The van der Waals surface area contributed by atoms with Crippen molar-refractivity contribution in [3.63, 3.8) is 0 Å². The highest BCUT2D eigenvalue weighted by molar-refractivity contribution is 7.45. The van der Waals surface area contributed by atoms with E-state index in [1.54, 1.807) is 0 Å². The molecule has 0 aliphatic carbocycles. The molecule has 0 saturated carbocycles. The number of aliphatic hydroxyl groups is 1. The molecule has 0 fully saturated rings. The molecule has 0 rings (SSSR count). The number of amides is 1. The van der Waals surface area contributed by atoms with E-state index < -0.39 is 20.0 Å². The Hall–Kier alpha value is -0.500. The fourth-order valence-electron chi connectivity index (χ4n) is 5.86. The molecule has 0 aromatic heterocycles. The predicted molar refractivity (Wildman–Crippen MR) is 196 cm³/mol. The van der Waals surface area contributed by atoms with E-state index in [2.05, 4.69) is 19.2 Å². The molecule has 282 valence electrons. The van der Waals surface area contributed by atoms with Gasteiger partial charge in [0, 0.05) is 6.42 Å². The largest absolute Gasteiger partial charge is 0.756 e. The van der Waals surface area contributed by atoms with Crippen molar-refractivity contribution in [1.82, 2.24) is 5.32 Å². The van der Waals surface area contributed by atoms with Crippen molar-refractivity contribution in [1.29, 1.82) is 0 Å². The molecule has 47 heavy (non-hydrogen) atoms. The normalized spacial score (nSPS) is 14.6. The van der Waals surface area contributed by atoms with Crippen molar-refractivity contribution in [2.24, 2.45) is 0 Å². The number of phosphoric ester groups is 1. The molecule has 0 spiro atoms. The number of carbonyl (C=O) groups is 1. The van der Waals surface area contributed by atoms with Gasteiger partial charge in [-0.05, 0) is 12.8 Å². The molecular formula is C38H79N2O6P. The Bertz CT molecular complexity index is 748. The summed E-state index contributed by atoms with van der Waals surface area (Å²) in [4.78, 5) is 25.2. The maximum absolute atomic E-state index is 12.8. The van der Waals surface area contributed by atoms with E-state index in [4.69, 9.17) is 9.05 Å². The van der Waals surface area contributed by atoms with Gasteiger partial charge >= 0.3 is 0 Å². The van der Waals surface area contributed by atoms with Gasteiger partial charge in [-0.15, -0.1) is 0 Å². The second kappa shape index (κ2) is 31.5. The third-order valence-corrected chi connectivity index (χ3v) is 10.1. The molecule has 8 nitrogen and oxygen atoms in total. The minimum absolute atomic E-state index is 0.0155. The molecule has 0 aromatic rings. The highest BCUT2D eigenvalue weighted by atomic mass is 31.2. The summed E-state index contributed by atoms with van der Waals surface area (Å²) >= 11 is 0. The van der Waals surface area contributed by atoms with Crippen molar-refractivity contribution in [3.8, 4) is 0 Å². The molecule has 0 aromatic carbocycles. The first-order chi connectivity index (χ1) is 22.5. The molecule has 2 N–H and O–H groups in total. The van der Waals surface area contributed by atoms with Crippen LogP contribution in [-0.4, -0.2) is 68.5 Å². The van der Waals surface area contributed by atoms with Gasteiger partial charge in [-0.1, -0.05) is 168 Å². The zero-order chi connectivity index (χ0) is 35.1. The number of nitrogens with one attached hydrogen (secondary N) is 1. The van der Waals surface area contributed by atoms with Gasteiger partial charge in [-0.25, -0.2) is 0 Å². The molecule has 0 saturated heterocycles. The van der Waals surface area contributed by atoms with E-state index in [0.717, 1.165) is 38.5 Å². The van der Waals surface area contributed by atoms with Crippen molar-refractivity contribution in [3.05, 3.63) is 0 Å². The van der Waals surface area contributed by atoms with Crippen LogP contribution in [0.2, 0.25) is 0 Å². The molecule has 1 amide bonds. The molecule has 0 bridgehead atoms. The minimum Gasteiger partial charge on any atom is -0.756 e. The summed E-state index contributed by atoms with van der Waals surface area (Å²) in [6.07, 6.45) is 31.0. The second-order valence-corrected chi connectivity index (χ2v) is 16.4. The second-order valence-electron chi connectivity index (χ2n) is 15.0. The minimum atomic E-state index is -4.55. The predicted octanol–water partition coefficient (Wildman–Crippen LogP) is 9.61. The maximum atomic E-state index is 12.8. The number of rotatable bonds is 36. The van der Waals surface area contributed by atoms with Gasteiger partial charge < -0.3 is 28.8 Å². The van der Waals surface area contributed by atoms with E-state index in [1.807, 2.05) is 21.1 Å². The van der Waals surface area contributed by atoms with Crippen molar-refractivity contribution >= 4 is 13.7 Å². The Morgan fingerprint density at radius 2 is 1.04 bits per heavy atom. The highest BCUT2D eigenvalue weighted by Crippen LogP contribution is 2.38. The number of unbranched alkanes of at least 4 members (excludes halogenated alkanes) is 23. The smallest absolute Gasteiger partial charge is 0.268 e. The Kier molecular flexibility index (Phi) is 31.1. The summed E-state index contributed by atoms with van der Waals surface area (Å²) in [5.74, 6) is -0.165. The molecule has 0 heterocycles. The molecule has 0 aliphatic heterocycles. The van der Waals surface area contributed by atoms with Crippen LogP contribution < -0.4 is 10.2 Å². The van der Waals surface area contributed by atoms with Gasteiger partial charge in [0.15, 0.2) is 0 Å². The van der Waals surface area contributed by atoms with Crippen molar-refractivity contribution in [2.75, 3.05) is 40.9 Å². The molecule has 9 heteroatoms. The lowest BCUT2D eigenvalue weighted by molar-refractivity contribution is -0.870. The van der Waals surface area contributed by atoms with Crippen molar-refractivity contribution < 1.29 is 32.9 Å². The van der Waals surface area contributed by atoms with Crippen LogP contribution in [0.5, 0.6) is 0 Å². The number of quaternary nitrogens is 1.